The molecule has 176 valence electrons. The van der Waals surface area contributed by atoms with Crippen LogP contribution in [-0.4, -0.2) is 67.8 Å². The quantitative estimate of drug-likeness (QED) is 0.490. The van der Waals surface area contributed by atoms with Gasteiger partial charge in [-0.25, -0.2) is 0 Å². The van der Waals surface area contributed by atoms with Gasteiger partial charge in [-0.05, 0) is 67.9 Å². The van der Waals surface area contributed by atoms with Gasteiger partial charge in [0.05, 0.1) is 20.3 Å². The van der Waals surface area contributed by atoms with Crippen molar-refractivity contribution < 1.29 is 24.4 Å². The first-order valence-corrected chi connectivity index (χ1v) is 11.6. The number of methoxy groups -OCH3 is 2. The van der Waals surface area contributed by atoms with Crippen molar-refractivity contribution in [3.05, 3.63) is 53.6 Å². The molecule has 1 aliphatic rings. The van der Waals surface area contributed by atoms with Gasteiger partial charge in [0.1, 0.15) is 30.0 Å². The molecular weight excluding hydrogens is 406 g/mol. The number of aliphatic hydroxyl groups excluding tert-OH is 2. The Hall–Kier alpha value is -2.28. The molecule has 1 fully saturated rings. The lowest BCUT2D eigenvalue weighted by molar-refractivity contribution is 0.0336. The molecule has 0 saturated carbocycles. The highest BCUT2D eigenvalue weighted by Crippen LogP contribution is 2.25. The summed E-state index contributed by atoms with van der Waals surface area (Å²) < 4.78 is 16.7. The molecule has 0 spiro atoms. The third-order valence-corrected chi connectivity index (χ3v) is 6.00. The summed E-state index contributed by atoms with van der Waals surface area (Å²) in [4.78, 5) is 2.19. The first-order valence-electron chi connectivity index (χ1n) is 11.6. The number of β-amino-alcohol motifs (C(OH)–C–C–N with tert-alkyl or cyclic N) is 1. The lowest BCUT2D eigenvalue weighted by Gasteiger charge is -2.31. The van der Waals surface area contributed by atoms with Crippen LogP contribution < -0.4 is 14.2 Å². The molecule has 32 heavy (non-hydrogen) atoms. The van der Waals surface area contributed by atoms with Gasteiger partial charge in [0.2, 0.25) is 0 Å². The molecule has 0 amide bonds. The molecular formula is C26H37NO5. The van der Waals surface area contributed by atoms with Gasteiger partial charge in [-0.15, -0.1) is 0 Å². The van der Waals surface area contributed by atoms with Crippen LogP contribution >= 0.6 is 0 Å². The van der Waals surface area contributed by atoms with Crippen LogP contribution in [0.25, 0.3) is 0 Å². The Bertz CT molecular complexity index is 797. The van der Waals surface area contributed by atoms with Gasteiger partial charge in [-0.3, -0.25) is 0 Å². The fourth-order valence-corrected chi connectivity index (χ4v) is 4.15. The minimum Gasteiger partial charge on any atom is -0.497 e. The molecule has 1 saturated heterocycles. The number of benzene rings is 2. The fraction of sp³-hybridized carbons (Fsp3) is 0.538. The summed E-state index contributed by atoms with van der Waals surface area (Å²) in [6, 6.07) is 14.1. The van der Waals surface area contributed by atoms with Crippen LogP contribution in [0.3, 0.4) is 0 Å². The topological polar surface area (TPSA) is 71.4 Å². The zero-order valence-corrected chi connectivity index (χ0v) is 19.3. The van der Waals surface area contributed by atoms with E-state index in [-0.39, 0.29) is 12.7 Å². The highest BCUT2D eigenvalue weighted by Gasteiger charge is 2.19. The molecule has 3 rings (SSSR count). The zero-order valence-electron chi connectivity index (χ0n) is 19.3. The van der Waals surface area contributed by atoms with Crippen molar-refractivity contribution in [3.8, 4) is 17.2 Å². The van der Waals surface area contributed by atoms with Crippen LogP contribution in [0.2, 0.25) is 0 Å². The smallest absolute Gasteiger partial charge is 0.122 e. The van der Waals surface area contributed by atoms with Crippen LogP contribution in [0, 0.1) is 0 Å². The van der Waals surface area contributed by atoms with Crippen molar-refractivity contribution in [2.45, 2.75) is 50.7 Å². The molecule has 6 heteroatoms. The molecule has 6 nitrogen and oxygen atoms in total. The van der Waals surface area contributed by atoms with Crippen molar-refractivity contribution in [1.82, 2.24) is 4.90 Å². The Morgan fingerprint density at radius 3 is 2.31 bits per heavy atom. The van der Waals surface area contributed by atoms with E-state index in [0.717, 1.165) is 68.9 Å². The van der Waals surface area contributed by atoms with Crippen molar-refractivity contribution in [2.75, 3.05) is 40.5 Å². The van der Waals surface area contributed by atoms with E-state index in [2.05, 4.69) is 23.1 Å². The van der Waals surface area contributed by atoms with E-state index in [1.54, 1.807) is 14.2 Å². The number of hydrogen-bond acceptors (Lipinski definition) is 6. The minimum absolute atomic E-state index is 0.197. The summed E-state index contributed by atoms with van der Waals surface area (Å²) in [5.74, 6) is 2.48. The number of ether oxygens (including phenoxy) is 3. The second-order valence-corrected chi connectivity index (χ2v) is 8.53. The highest BCUT2D eigenvalue weighted by molar-refractivity contribution is 5.38. The predicted molar refractivity (Wildman–Crippen MR) is 126 cm³/mol. The number of hydrogen-bond donors (Lipinski definition) is 2. The summed E-state index contributed by atoms with van der Waals surface area (Å²) >= 11 is 0. The van der Waals surface area contributed by atoms with Crippen LogP contribution in [0.1, 0.15) is 36.8 Å². The van der Waals surface area contributed by atoms with Crippen molar-refractivity contribution in [1.29, 1.82) is 0 Å². The van der Waals surface area contributed by atoms with E-state index in [9.17, 15) is 10.2 Å². The average Bonchev–Trinajstić information content (AvgIpc) is 2.82. The van der Waals surface area contributed by atoms with Crippen LogP contribution in [0.4, 0.5) is 0 Å². The number of aryl methyl sites for hydroxylation is 2. The third kappa shape index (κ3) is 7.69. The maximum Gasteiger partial charge on any atom is 0.122 e. The maximum absolute atomic E-state index is 10.4. The lowest BCUT2D eigenvalue weighted by Crippen LogP contribution is -2.41. The minimum atomic E-state index is -0.540. The molecule has 2 aromatic rings. The van der Waals surface area contributed by atoms with Crippen LogP contribution in [0.15, 0.2) is 42.5 Å². The SMILES string of the molecule is COc1cc(CCCCc2ccccc2OCC(O)CN2CCC(O)CC2)cc(OC)c1. The predicted octanol–water partition coefficient (Wildman–Crippen LogP) is 3.47. The Kier molecular flexibility index (Phi) is 9.65. The summed E-state index contributed by atoms with van der Waals surface area (Å²) in [6.45, 7) is 2.51. The van der Waals surface area contributed by atoms with Crippen molar-refractivity contribution in [3.63, 3.8) is 0 Å². The van der Waals surface area contributed by atoms with E-state index in [1.165, 1.54) is 11.1 Å². The molecule has 2 aromatic carbocycles. The van der Waals surface area contributed by atoms with Gasteiger partial charge in [0, 0.05) is 25.7 Å². The van der Waals surface area contributed by atoms with E-state index >= 15 is 0 Å². The third-order valence-electron chi connectivity index (χ3n) is 6.00. The number of aliphatic hydroxyl groups is 2. The monoisotopic (exact) mass is 443 g/mol. The Labute approximate surface area is 191 Å². The fourth-order valence-electron chi connectivity index (χ4n) is 4.15. The average molecular weight is 444 g/mol. The number of piperidine rings is 1. The molecule has 0 aliphatic carbocycles. The van der Waals surface area contributed by atoms with Crippen molar-refractivity contribution >= 4 is 0 Å². The molecule has 0 radical (unpaired) electrons. The van der Waals surface area contributed by atoms with Crippen molar-refractivity contribution in [2.24, 2.45) is 0 Å². The van der Waals surface area contributed by atoms with Gasteiger partial charge in [0.25, 0.3) is 0 Å². The molecule has 1 atom stereocenters. The zero-order chi connectivity index (χ0) is 22.8. The van der Waals surface area contributed by atoms with Gasteiger partial charge in [0.15, 0.2) is 0 Å². The molecule has 2 N–H and O–H groups in total. The van der Waals surface area contributed by atoms with E-state index in [1.807, 2.05) is 24.3 Å². The second kappa shape index (κ2) is 12.7. The number of likely N-dealkylation sites (tertiary alicyclic amines) is 1. The van der Waals surface area contributed by atoms with Crippen LogP contribution in [0.5, 0.6) is 17.2 Å². The largest absolute Gasteiger partial charge is 0.497 e. The molecule has 1 aliphatic heterocycles. The van der Waals surface area contributed by atoms with Gasteiger partial charge in [-0.2, -0.15) is 0 Å². The van der Waals surface area contributed by atoms with E-state index in [0.29, 0.717) is 6.54 Å². The highest BCUT2D eigenvalue weighted by atomic mass is 16.5. The molecule has 1 unspecified atom stereocenters. The second-order valence-electron chi connectivity index (χ2n) is 8.53. The number of rotatable bonds is 12. The molecule has 1 heterocycles. The normalized spacial score (nSPS) is 16.0. The first-order chi connectivity index (χ1) is 15.6. The Morgan fingerprint density at radius 1 is 0.969 bits per heavy atom. The standard InChI is InChI=1S/C26H37NO5/c1-30-24-15-20(16-25(17-24)31-2)7-3-4-8-21-9-5-6-10-26(21)32-19-23(29)18-27-13-11-22(28)12-14-27/h5-6,9-10,15-17,22-23,28-29H,3-4,7-8,11-14,18-19H2,1-2H3. The number of unbranched alkanes of at least 4 members (excludes halogenated alkanes) is 1. The van der Waals surface area contributed by atoms with Gasteiger partial charge < -0.3 is 29.3 Å². The Morgan fingerprint density at radius 2 is 1.62 bits per heavy atom. The molecule has 0 bridgehead atoms. The summed E-state index contributed by atoms with van der Waals surface area (Å²) in [5.41, 5.74) is 2.38. The first kappa shape index (κ1) is 24.4. The van der Waals surface area contributed by atoms with Crippen LogP contribution in [-0.2, 0) is 12.8 Å². The number of nitrogens with zero attached hydrogens (tertiary/aromatic N) is 1. The Balaban J connectivity index is 1.44. The van der Waals surface area contributed by atoms with E-state index in [4.69, 9.17) is 14.2 Å². The lowest BCUT2D eigenvalue weighted by atomic mass is 10.0. The van der Waals surface area contributed by atoms with Gasteiger partial charge in [-0.1, -0.05) is 18.2 Å². The van der Waals surface area contributed by atoms with Gasteiger partial charge >= 0.3 is 0 Å². The summed E-state index contributed by atoms with van der Waals surface area (Å²) in [7, 11) is 3.34. The summed E-state index contributed by atoms with van der Waals surface area (Å²) in [6.07, 6.45) is 4.79. The molecule has 0 aromatic heterocycles. The summed E-state index contributed by atoms with van der Waals surface area (Å²) in [5, 5.41) is 20.0. The maximum atomic E-state index is 10.4. The number of para-hydroxylation sites is 1. The van der Waals surface area contributed by atoms with E-state index < -0.39 is 6.10 Å².